The van der Waals surface area contributed by atoms with Gasteiger partial charge in [0.05, 0.1) is 23.6 Å². The van der Waals surface area contributed by atoms with Crippen molar-refractivity contribution < 1.29 is 39.9 Å². The number of carbonyl (C=O) groups is 3. The van der Waals surface area contributed by atoms with Crippen molar-refractivity contribution in [2.75, 3.05) is 14.1 Å². The van der Waals surface area contributed by atoms with E-state index in [2.05, 4.69) is 0 Å². The lowest BCUT2D eigenvalue weighted by atomic mass is 9.56. The van der Waals surface area contributed by atoms with E-state index in [0.29, 0.717) is 11.1 Å². The molecular formula is C27H34N2O8. The maximum atomic E-state index is 13.9. The molecule has 10 nitrogen and oxygen atoms in total. The van der Waals surface area contributed by atoms with Crippen molar-refractivity contribution >= 4 is 23.2 Å². The van der Waals surface area contributed by atoms with Gasteiger partial charge in [-0.2, -0.15) is 0 Å². The number of nitrogens with zero attached hydrogens (tertiary/aromatic N) is 1. The summed E-state index contributed by atoms with van der Waals surface area (Å²) in [5.74, 6) is -8.10. The highest BCUT2D eigenvalue weighted by atomic mass is 16.4. The third-order valence-corrected chi connectivity index (χ3v) is 8.28. The first-order valence-corrected chi connectivity index (χ1v) is 12.3. The summed E-state index contributed by atoms with van der Waals surface area (Å²) < 4.78 is 0. The van der Waals surface area contributed by atoms with Gasteiger partial charge < -0.3 is 31.3 Å². The van der Waals surface area contributed by atoms with Crippen LogP contribution in [0.4, 0.5) is 0 Å². The number of hydrogen-bond donors (Lipinski definition) is 6. The van der Waals surface area contributed by atoms with E-state index in [1.54, 1.807) is 12.1 Å². The molecule has 0 bridgehead atoms. The summed E-state index contributed by atoms with van der Waals surface area (Å²) in [6.07, 6.45) is 0.0291. The standard InChI is InChI=1S/C27H34N2O8/c1-6-9-26(2,3)13-8-7-11-10-12-15(21(32)14(11)20(13)31)23(34)27(37)17(19(12)30)18(29(4)5)22(33)16(24(27)35)25(28)36/h7-8,12,17-19,30-32,35,37H,6,9-10H2,1-5H3,(H2,28,36)/t12-,17-,18+,19+,27+/m0/s1. The summed E-state index contributed by atoms with van der Waals surface area (Å²) in [7, 11) is 2.94. The van der Waals surface area contributed by atoms with E-state index in [-0.39, 0.29) is 23.3 Å². The van der Waals surface area contributed by atoms with Crippen LogP contribution in [0.3, 0.4) is 0 Å². The largest absolute Gasteiger partial charge is 0.508 e. The second-order valence-electron chi connectivity index (χ2n) is 11.2. The van der Waals surface area contributed by atoms with Crippen LogP contribution in [0.25, 0.3) is 5.76 Å². The maximum Gasteiger partial charge on any atom is 0.255 e. The molecule has 5 atom stereocenters. The molecule has 4 rings (SSSR count). The Balaban J connectivity index is 1.99. The quantitative estimate of drug-likeness (QED) is 0.312. The van der Waals surface area contributed by atoms with Crippen molar-refractivity contribution in [1.29, 1.82) is 0 Å². The molecule has 0 aliphatic heterocycles. The summed E-state index contributed by atoms with van der Waals surface area (Å²) in [4.78, 5) is 40.4. The molecule has 7 N–H and O–H groups in total. The summed E-state index contributed by atoms with van der Waals surface area (Å²) in [6, 6.07) is 2.12. The number of Topliss-reactive ketones (excluding diaryl/α,β-unsaturated/α-hetero) is 2. The lowest BCUT2D eigenvalue weighted by Crippen LogP contribution is -2.70. The van der Waals surface area contributed by atoms with E-state index in [0.717, 1.165) is 12.8 Å². The molecule has 200 valence electrons. The number of aliphatic hydroxyl groups excluding tert-OH is 3. The Morgan fingerprint density at radius 1 is 1.19 bits per heavy atom. The molecule has 0 unspecified atom stereocenters. The number of ketones is 2. The topological polar surface area (TPSA) is 182 Å². The second kappa shape index (κ2) is 8.68. The van der Waals surface area contributed by atoms with Gasteiger partial charge in [0.2, 0.25) is 5.78 Å². The number of benzene rings is 1. The van der Waals surface area contributed by atoms with E-state index in [9.17, 15) is 39.9 Å². The van der Waals surface area contributed by atoms with Crippen LogP contribution in [-0.4, -0.2) is 79.7 Å². The van der Waals surface area contributed by atoms with E-state index >= 15 is 0 Å². The highest BCUT2D eigenvalue weighted by Gasteiger charge is 2.67. The molecule has 3 aliphatic carbocycles. The smallest absolute Gasteiger partial charge is 0.255 e. The van der Waals surface area contributed by atoms with Gasteiger partial charge in [0.25, 0.3) is 5.91 Å². The van der Waals surface area contributed by atoms with Crippen LogP contribution in [0, 0.1) is 11.8 Å². The fraction of sp³-hybridized carbons (Fsp3) is 0.519. The Hall–Kier alpha value is -3.21. The van der Waals surface area contributed by atoms with Crippen molar-refractivity contribution in [3.05, 3.63) is 45.7 Å². The van der Waals surface area contributed by atoms with Gasteiger partial charge in [0, 0.05) is 17.1 Å². The normalized spacial score (nSPS) is 29.8. The number of phenolic OH excluding ortho intramolecular Hbond substituents is 1. The number of phenols is 1. The van der Waals surface area contributed by atoms with Gasteiger partial charge in [-0.15, -0.1) is 0 Å². The van der Waals surface area contributed by atoms with E-state index in [4.69, 9.17) is 5.73 Å². The molecule has 37 heavy (non-hydrogen) atoms. The predicted octanol–water partition coefficient (Wildman–Crippen LogP) is 1.01. The minimum atomic E-state index is -2.90. The molecule has 0 radical (unpaired) electrons. The van der Waals surface area contributed by atoms with Crippen LogP contribution < -0.4 is 5.73 Å². The van der Waals surface area contributed by atoms with Gasteiger partial charge in [-0.1, -0.05) is 39.3 Å². The maximum absolute atomic E-state index is 13.9. The van der Waals surface area contributed by atoms with Crippen molar-refractivity contribution in [1.82, 2.24) is 4.90 Å². The first-order valence-electron chi connectivity index (χ1n) is 12.3. The lowest BCUT2D eigenvalue weighted by molar-refractivity contribution is -0.168. The number of rotatable bonds is 5. The third-order valence-electron chi connectivity index (χ3n) is 8.28. The zero-order valence-corrected chi connectivity index (χ0v) is 21.6. The number of primary amides is 1. The minimum Gasteiger partial charge on any atom is -0.508 e. The van der Waals surface area contributed by atoms with Crippen LogP contribution in [0.5, 0.6) is 5.75 Å². The number of aliphatic hydroxyl groups is 4. The molecule has 0 aromatic heterocycles. The fourth-order valence-corrected chi connectivity index (χ4v) is 6.54. The highest BCUT2D eigenvalue weighted by Crippen LogP contribution is 2.53. The molecule has 1 aromatic carbocycles. The van der Waals surface area contributed by atoms with Gasteiger partial charge in [-0.3, -0.25) is 19.3 Å². The van der Waals surface area contributed by atoms with Gasteiger partial charge in [0.15, 0.2) is 11.4 Å². The number of amides is 1. The van der Waals surface area contributed by atoms with Crippen LogP contribution in [-0.2, 0) is 26.2 Å². The van der Waals surface area contributed by atoms with E-state index in [1.165, 1.54) is 19.0 Å². The molecule has 0 saturated heterocycles. The lowest BCUT2D eigenvalue weighted by Gasteiger charge is -2.52. The summed E-state index contributed by atoms with van der Waals surface area (Å²) in [6.45, 7) is 5.91. The van der Waals surface area contributed by atoms with Crippen LogP contribution >= 0.6 is 0 Å². The molecule has 1 saturated carbocycles. The van der Waals surface area contributed by atoms with Crippen LogP contribution in [0.1, 0.15) is 50.3 Å². The Labute approximate surface area is 214 Å². The first-order chi connectivity index (χ1) is 17.1. The van der Waals surface area contributed by atoms with Gasteiger partial charge in [0.1, 0.15) is 22.8 Å². The third kappa shape index (κ3) is 3.53. The van der Waals surface area contributed by atoms with Gasteiger partial charge >= 0.3 is 0 Å². The SMILES string of the molecule is CCCC(C)(C)c1ccc2c(c1O)C(O)=C1C(=O)[C@@]3(O)C(O)=C(C(N)=O)C(=O)[C@H](N(C)C)[C@H]3[C@H](O)[C@H]1C2. The van der Waals surface area contributed by atoms with Crippen LogP contribution in [0.15, 0.2) is 29.0 Å². The van der Waals surface area contributed by atoms with Crippen molar-refractivity contribution in [3.63, 3.8) is 0 Å². The number of carbonyl (C=O) groups excluding carboxylic acids is 3. The number of hydrogen-bond acceptors (Lipinski definition) is 9. The summed E-state index contributed by atoms with van der Waals surface area (Å²) in [5, 5.41) is 56.6. The second-order valence-corrected chi connectivity index (χ2v) is 11.2. The number of aromatic hydroxyl groups is 1. The Bertz CT molecular complexity index is 1280. The number of fused-ring (bicyclic) bond motifs is 3. The number of likely N-dealkylation sites (N-methyl/N-ethyl adjacent to an activating group) is 1. The molecule has 3 aliphatic rings. The Morgan fingerprint density at radius 2 is 1.81 bits per heavy atom. The number of nitrogens with two attached hydrogens (primary N) is 1. The molecule has 10 heteroatoms. The Kier molecular flexibility index (Phi) is 6.30. The van der Waals surface area contributed by atoms with Crippen LogP contribution in [0.2, 0.25) is 0 Å². The Morgan fingerprint density at radius 3 is 2.35 bits per heavy atom. The molecule has 1 fully saturated rings. The molecule has 1 aromatic rings. The van der Waals surface area contributed by atoms with Gasteiger partial charge in [-0.25, -0.2) is 0 Å². The summed E-state index contributed by atoms with van der Waals surface area (Å²) >= 11 is 0. The van der Waals surface area contributed by atoms with Crippen molar-refractivity contribution in [2.45, 2.75) is 63.2 Å². The minimum absolute atomic E-state index is 0.0187. The zero-order valence-electron chi connectivity index (χ0n) is 21.6. The predicted molar refractivity (Wildman–Crippen MR) is 134 cm³/mol. The molecular weight excluding hydrogens is 480 g/mol. The molecule has 0 heterocycles. The average Bonchev–Trinajstić information content (AvgIpc) is 2.78. The molecule has 0 spiro atoms. The average molecular weight is 515 g/mol. The fourth-order valence-electron chi connectivity index (χ4n) is 6.54. The highest BCUT2D eigenvalue weighted by molar-refractivity contribution is 6.24. The monoisotopic (exact) mass is 514 g/mol. The summed E-state index contributed by atoms with van der Waals surface area (Å²) in [5.41, 5.74) is 1.71. The van der Waals surface area contributed by atoms with E-state index in [1.807, 2.05) is 20.8 Å². The molecule has 1 amide bonds. The van der Waals surface area contributed by atoms with Crippen molar-refractivity contribution in [3.8, 4) is 5.75 Å². The van der Waals surface area contributed by atoms with Gasteiger partial charge in [-0.05, 0) is 37.9 Å². The zero-order chi connectivity index (χ0) is 27.8. The van der Waals surface area contributed by atoms with E-state index < -0.39 is 69.6 Å². The first kappa shape index (κ1) is 26.8. The van der Waals surface area contributed by atoms with Crippen molar-refractivity contribution in [2.24, 2.45) is 17.6 Å².